The van der Waals surface area contributed by atoms with Crippen molar-refractivity contribution in [3.63, 3.8) is 0 Å². The molecule has 1 aromatic heterocycles. The molecule has 0 saturated carbocycles. The highest BCUT2D eigenvalue weighted by Crippen LogP contribution is 2.43. The van der Waals surface area contributed by atoms with Gasteiger partial charge in [-0.05, 0) is 76.4 Å². The molecule has 216 valence electrons. The molecule has 0 amide bonds. The summed E-state index contributed by atoms with van der Waals surface area (Å²) in [5.41, 5.74) is 0.513. The van der Waals surface area contributed by atoms with E-state index in [-0.39, 0.29) is 24.8 Å². The molecule has 1 aliphatic rings. The number of hydrogen-bond acceptors (Lipinski definition) is 5. The molecule has 3 aromatic rings. The quantitative estimate of drug-likeness (QED) is 0.277. The SMILES string of the molecule is COc1ccc2ncc(N(C)C)c([C@H](F)CCC3(C(=O)O)CCN(CCCc4c(F)cc(F)cc4F)CC3)c2c1. The lowest BCUT2D eigenvalue weighted by Gasteiger charge is -2.39. The minimum atomic E-state index is -1.41. The number of pyridine rings is 1. The minimum absolute atomic E-state index is 0.0343. The summed E-state index contributed by atoms with van der Waals surface area (Å²) in [5, 5.41) is 10.8. The first-order valence-corrected chi connectivity index (χ1v) is 13.4. The normalized spacial score (nSPS) is 16.2. The molecule has 1 fully saturated rings. The number of carboxylic acid groups (broad SMARTS) is 1. The van der Waals surface area contributed by atoms with Gasteiger partial charge in [-0.3, -0.25) is 9.78 Å². The van der Waals surface area contributed by atoms with Crippen LogP contribution >= 0.6 is 0 Å². The van der Waals surface area contributed by atoms with Gasteiger partial charge in [0.1, 0.15) is 29.4 Å². The Bertz CT molecular complexity index is 1340. The van der Waals surface area contributed by atoms with Crippen LogP contribution in [0.3, 0.4) is 0 Å². The fraction of sp³-hybridized carbons (Fsp3) is 0.467. The van der Waals surface area contributed by atoms with Crippen molar-refractivity contribution in [2.24, 2.45) is 5.41 Å². The third kappa shape index (κ3) is 6.32. The summed E-state index contributed by atoms with van der Waals surface area (Å²) in [4.78, 5) is 20.7. The zero-order chi connectivity index (χ0) is 29.0. The largest absolute Gasteiger partial charge is 0.497 e. The Balaban J connectivity index is 1.41. The molecule has 1 saturated heterocycles. The molecule has 2 heterocycles. The molecule has 10 heteroatoms. The third-order valence-corrected chi connectivity index (χ3v) is 8.04. The van der Waals surface area contributed by atoms with Crippen molar-refractivity contribution in [2.75, 3.05) is 45.7 Å². The molecular formula is C30H35F4N3O3. The van der Waals surface area contributed by atoms with Gasteiger partial charge in [0.25, 0.3) is 0 Å². The highest BCUT2D eigenvalue weighted by molar-refractivity contribution is 5.88. The number of alkyl halides is 1. The molecule has 0 aliphatic carbocycles. The van der Waals surface area contributed by atoms with Crippen molar-refractivity contribution in [1.82, 2.24) is 9.88 Å². The first kappa shape index (κ1) is 29.6. The number of halogens is 4. The van der Waals surface area contributed by atoms with Crippen LogP contribution in [0.1, 0.15) is 49.4 Å². The zero-order valence-electron chi connectivity index (χ0n) is 23.0. The summed E-state index contributed by atoms with van der Waals surface area (Å²) >= 11 is 0. The smallest absolute Gasteiger partial charge is 0.309 e. The highest BCUT2D eigenvalue weighted by atomic mass is 19.1. The summed E-state index contributed by atoms with van der Waals surface area (Å²) in [6.45, 7) is 1.49. The first-order valence-electron chi connectivity index (χ1n) is 13.4. The number of hydrogen-bond donors (Lipinski definition) is 1. The van der Waals surface area contributed by atoms with Crippen LogP contribution in [-0.4, -0.2) is 61.8 Å². The van der Waals surface area contributed by atoms with Gasteiger partial charge in [-0.25, -0.2) is 17.6 Å². The van der Waals surface area contributed by atoms with Gasteiger partial charge in [-0.2, -0.15) is 0 Å². The van der Waals surface area contributed by atoms with E-state index < -0.39 is 35.0 Å². The fourth-order valence-electron chi connectivity index (χ4n) is 5.61. The van der Waals surface area contributed by atoms with E-state index in [9.17, 15) is 23.1 Å². The summed E-state index contributed by atoms with van der Waals surface area (Å²) in [5.74, 6) is -3.12. The molecule has 6 nitrogen and oxygen atoms in total. The van der Waals surface area contributed by atoms with Gasteiger partial charge in [-0.1, -0.05) is 0 Å². The van der Waals surface area contributed by atoms with Gasteiger partial charge < -0.3 is 19.6 Å². The van der Waals surface area contributed by atoms with Crippen LogP contribution in [0.4, 0.5) is 23.2 Å². The number of carbonyl (C=O) groups is 1. The summed E-state index contributed by atoms with van der Waals surface area (Å²) in [6.07, 6.45) is 1.67. The fourth-order valence-corrected chi connectivity index (χ4v) is 5.61. The van der Waals surface area contributed by atoms with Gasteiger partial charge >= 0.3 is 5.97 Å². The summed E-state index contributed by atoms with van der Waals surface area (Å²) < 4.78 is 62.4. The van der Waals surface area contributed by atoms with E-state index in [2.05, 4.69) is 9.88 Å². The Morgan fingerprint density at radius 3 is 2.42 bits per heavy atom. The van der Waals surface area contributed by atoms with E-state index in [1.807, 2.05) is 14.1 Å². The first-order chi connectivity index (χ1) is 19.0. The lowest BCUT2D eigenvalue weighted by molar-refractivity contribution is -0.153. The molecule has 0 bridgehead atoms. The van der Waals surface area contributed by atoms with Crippen LogP contribution in [0, 0.1) is 22.9 Å². The predicted molar refractivity (Wildman–Crippen MR) is 146 cm³/mol. The second-order valence-corrected chi connectivity index (χ2v) is 10.7. The number of anilines is 1. The molecular weight excluding hydrogens is 526 g/mol. The van der Waals surface area contributed by atoms with Gasteiger partial charge in [0, 0.05) is 42.7 Å². The van der Waals surface area contributed by atoms with E-state index >= 15 is 4.39 Å². The highest BCUT2D eigenvalue weighted by Gasteiger charge is 2.42. The van der Waals surface area contributed by atoms with Crippen LogP contribution in [0.5, 0.6) is 5.75 Å². The monoisotopic (exact) mass is 561 g/mol. The lowest BCUT2D eigenvalue weighted by atomic mass is 9.74. The number of nitrogens with zero attached hydrogens (tertiary/aromatic N) is 3. The number of fused-ring (bicyclic) bond motifs is 1. The summed E-state index contributed by atoms with van der Waals surface area (Å²) in [7, 11) is 5.17. The van der Waals surface area contributed by atoms with Crippen LogP contribution in [0.15, 0.2) is 36.5 Å². The lowest BCUT2D eigenvalue weighted by Crippen LogP contribution is -2.44. The van der Waals surface area contributed by atoms with Crippen molar-refractivity contribution < 1.29 is 32.2 Å². The Hall–Kier alpha value is -3.40. The van der Waals surface area contributed by atoms with Crippen molar-refractivity contribution >= 4 is 22.6 Å². The number of methoxy groups -OCH3 is 1. The average Bonchev–Trinajstić information content (AvgIpc) is 2.92. The standard InChI is InChI=1S/C30H35F4N3O3/c1-36(2)27-18-35-26-7-6-20(40-3)17-22(26)28(27)23(32)8-9-30(29(38)39)10-13-37(14-11-30)12-4-5-21-24(33)15-19(31)16-25(21)34/h6-7,15-18,23H,4-5,8-14H2,1-3H3,(H,38,39)/t23-/m1/s1. The Labute approximate surface area is 231 Å². The second-order valence-electron chi connectivity index (χ2n) is 10.7. The molecule has 4 rings (SSSR count). The van der Waals surface area contributed by atoms with Crippen molar-refractivity contribution in [3.8, 4) is 5.75 Å². The van der Waals surface area contributed by atoms with E-state index in [0.717, 1.165) is 0 Å². The predicted octanol–water partition coefficient (Wildman–Crippen LogP) is 6.32. The number of aliphatic carboxylic acids is 1. The molecule has 0 spiro atoms. The number of carboxylic acids is 1. The molecule has 2 aromatic carbocycles. The van der Waals surface area contributed by atoms with E-state index in [1.54, 1.807) is 36.4 Å². The summed E-state index contributed by atoms with van der Waals surface area (Å²) in [6, 6.07) is 6.64. The molecule has 1 aliphatic heterocycles. The van der Waals surface area contributed by atoms with E-state index in [1.165, 1.54) is 0 Å². The number of ether oxygens (including phenoxy) is 1. The number of rotatable bonds is 11. The molecule has 0 unspecified atom stereocenters. The van der Waals surface area contributed by atoms with Crippen molar-refractivity contribution in [2.45, 2.75) is 44.7 Å². The number of likely N-dealkylation sites (tertiary alicyclic amines) is 1. The number of piperidine rings is 1. The third-order valence-electron chi connectivity index (χ3n) is 8.04. The minimum Gasteiger partial charge on any atom is -0.497 e. The van der Waals surface area contributed by atoms with Gasteiger partial charge in [-0.15, -0.1) is 0 Å². The van der Waals surface area contributed by atoms with E-state index in [4.69, 9.17) is 4.74 Å². The second kappa shape index (κ2) is 12.4. The van der Waals surface area contributed by atoms with E-state index in [0.29, 0.717) is 78.9 Å². The molecule has 0 radical (unpaired) electrons. The van der Waals surface area contributed by atoms with Crippen molar-refractivity contribution in [3.05, 3.63) is 65.1 Å². The number of aromatic nitrogens is 1. The van der Waals surface area contributed by atoms with Gasteiger partial charge in [0.15, 0.2) is 0 Å². The van der Waals surface area contributed by atoms with Gasteiger partial charge in [0.2, 0.25) is 0 Å². The topological polar surface area (TPSA) is 65.9 Å². The molecule has 40 heavy (non-hydrogen) atoms. The maximum absolute atomic E-state index is 16.0. The maximum atomic E-state index is 16.0. The molecule has 1 N–H and O–H groups in total. The molecule has 1 atom stereocenters. The van der Waals surface area contributed by atoms with Crippen LogP contribution in [-0.2, 0) is 11.2 Å². The van der Waals surface area contributed by atoms with Crippen LogP contribution < -0.4 is 9.64 Å². The Morgan fingerprint density at radius 1 is 1.15 bits per heavy atom. The zero-order valence-corrected chi connectivity index (χ0v) is 23.0. The Kier molecular flexibility index (Phi) is 9.18. The van der Waals surface area contributed by atoms with Crippen LogP contribution in [0.2, 0.25) is 0 Å². The Morgan fingerprint density at radius 2 is 1.82 bits per heavy atom. The maximum Gasteiger partial charge on any atom is 0.309 e. The van der Waals surface area contributed by atoms with Crippen molar-refractivity contribution in [1.29, 1.82) is 0 Å². The average molecular weight is 562 g/mol. The van der Waals surface area contributed by atoms with Gasteiger partial charge in [0.05, 0.1) is 29.9 Å². The van der Waals surface area contributed by atoms with Crippen LogP contribution in [0.25, 0.3) is 10.9 Å². The number of benzene rings is 2.